The largest absolute Gasteiger partial charge is 0.493 e. The summed E-state index contributed by atoms with van der Waals surface area (Å²) in [6, 6.07) is 5.12. The van der Waals surface area contributed by atoms with Gasteiger partial charge in [-0.25, -0.2) is 0 Å². The maximum atomic E-state index is 11.9. The summed E-state index contributed by atoms with van der Waals surface area (Å²) >= 11 is 0. The average Bonchev–Trinajstić information content (AvgIpc) is 2.38. The van der Waals surface area contributed by atoms with E-state index in [-0.39, 0.29) is 12.0 Å². The van der Waals surface area contributed by atoms with Gasteiger partial charge in [0.15, 0.2) is 11.5 Å². The summed E-state index contributed by atoms with van der Waals surface area (Å²) in [5, 5.41) is 2.75. The number of amides is 1. The Morgan fingerprint density at radius 2 is 2.00 bits per heavy atom. The highest BCUT2D eigenvalue weighted by Gasteiger charge is 2.11. The molecule has 0 unspecified atom stereocenters. The van der Waals surface area contributed by atoms with Crippen molar-refractivity contribution in [3.8, 4) is 11.5 Å². The third kappa shape index (κ3) is 4.79. The van der Waals surface area contributed by atoms with Crippen LogP contribution in [0.5, 0.6) is 11.5 Å². The summed E-state index contributed by atoms with van der Waals surface area (Å²) in [7, 11) is 3.14. The van der Waals surface area contributed by atoms with Gasteiger partial charge in [-0.15, -0.1) is 0 Å². The van der Waals surface area contributed by atoms with E-state index in [1.165, 1.54) is 0 Å². The van der Waals surface area contributed by atoms with Gasteiger partial charge in [-0.05, 0) is 32.0 Å². The second kappa shape index (κ2) is 7.63. The van der Waals surface area contributed by atoms with Crippen molar-refractivity contribution in [1.82, 2.24) is 5.32 Å². The van der Waals surface area contributed by atoms with Crippen LogP contribution in [-0.4, -0.2) is 39.4 Å². The summed E-state index contributed by atoms with van der Waals surface area (Å²) < 4.78 is 15.7. The molecule has 1 aromatic carbocycles. The van der Waals surface area contributed by atoms with Gasteiger partial charge in [-0.3, -0.25) is 4.79 Å². The van der Waals surface area contributed by atoms with Gasteiger partial charge in [0.2, 0.25) is 0 Å². The van der Waals surface area contributed by atoms with Crippen molar-refractivity contribution in [2.75, 3.05) is 27.4 Å². The molecular formula is C14H21NO4. The molecule has 0 radical (unpaired) electrons. The molecule has 0 aromatic heterocycles. The van der Waals surface area contributed by atoms with Crippen LogP contribution >= 0.6 is 0 Å². The lowest BCUT2D eigenvalue weighted by atomic mass is 10.2. The molecule has 106 valence electrons. The average molecular weight is 267 g/mol. The third-order valence-corrected chi connectivity index (χ3v) is 2.38. The van der Waals surface area contributed by atoms with E-state index in [9.17, 15) is 4.79 Å². The van der Waals surface area contributed by atoms with Crippen molar-refractivity contribution in [2.24, 2.45) is 0 Å². The number of rotatable bonds is 7. The van der Waals surface area contributed by atoms with Crippen molar-refractivity contribution >= 4 is 5.91 Å². The van der Waals surface area contributed by atoms with Crippen molar-refractivity contribution in [3.05, 3.63) is 23.8 Å². The van der Waals surface area contributed by atoms with Crippen molar-refractivity contribution in [3.63, 3.8) is 0 Å². The number of carbonyl (C=O) groups excluding carboxylic acids is 1. The van der Waals surface area contributed by atoms with Crippen LogP contribution in [0.3, 0.4) is 0 Å². The van der Waals surface area contributed by atoms with Crippen molar-refractivity contribution in [1.29, 1.82) is 0 Å². The number of carbonyl (C=O) groups is 1. The molecule has 0 bridgehead atoms. The van der Waals surface area contributed by atoms with E-state index in [0.717, 1.165) is 0 Å². The molecule has 0 atom stereocenters. The first-order valence-corrected chi connectivity index (χ1v) is 6.20. The van der Waals surface area contributed by atoms with E-state index < -0.39 is 0 Å². The maximum absolute atomic E-state index is 11.9. The molecule has 0 heterocycles. The number of methoxy groups -OCH3 is 2. The molecule has 1 rings (SSSR count). The Labute approximate surface area is 113 Å². The standard InChI is InChI=1S/C14H21NO4/c1-10(2)19-12-6-5-11(9-13(12)18-4)14(16)15-7-8-17-3/h5-6,9-10H,7-8H2,1-4H3,(H,15,16). The van der Waals surface area contributed by atoms with Gasteiger partial charge in [0.05, 0.1) is 19.8 Å². The van der Waals surface area contributed by atoms with Gasteiger partial charge in [-0.2, -0.15) is 0 Å². The Hall–Kier alpha value is -1.75. The number of ether oxygens (including phenoxy) is 3. The Morgan fingerprint density at radius 3 is 2.58 bits per heavy atom. The molecular weight excluding hydrogens is 246 g/mol. The quantitative estimate of drug-likeness (QED) is 0.766. The lowest BCUT2D eigenvalue weighted by Crippen LogP contribution is -2.26. The molecule has 0 saturated heterocycles. The minimum Gasteiger partial charge on any atom is -0.493 e. The highest BCUT2D eigenvalue weighted by atomic mass is 16.5. The van der Waals surface area contributed by atoms with Crippen LogP contribution in [0, 0.1) is 0 Å². The molecule has 5 heteroatoms. The second-order valence-electron chi connectivity index (χ2n) is 4.28. The first-order chi connectivity index (χ1) is 9.08. The topological polar surface area (TPSA) is 56.8 Å². The smallest absolute Gasteiger partial charge is 0.251 e. The molecule has 5 nitrogen and oxygen atoms in total. The molecule has 0 saturated carbocycles. The van der Waals surface area contributed by atoms with Crippen LogP contribution in [-0.2, 0) is 4.74 Å². The predicted octanol–water partition coefficient (Wildman–Crippen LogP) is 1.86. The molecule has 0 aliphatic rings. The molecule has 0 aliphatic carbocycles. The Bertz CT molecular complexity index is 418. The zero-order chi connectivity index (χ0) is 14.3. The minimum absolute atomic E-state index is 0.0512. The van der Waals surface area contributed by atoms with Crippen LogP contribution in [0.1, 0.15) is 24.2 Å². The molecule has 0 aliphatic heterocycles. The summed E-state index contributed by atoms with van der Waals surface area (Å²) in [6.07, 6.45) is 0.0512. The van der Waals surface area contributed by atoms with Gasteiger partial charge in [0, 0.05) is 19.2 Å². The Balaban J connectivity index is 2.78. The number of benzene rings is 1. The highest BCUT2D eigenvalue weighted by Crippen LogP contribution is 2.28. The molecule has 0 fully saturated rings. The van der Waals surface area contributed by atoms with E-state index in [0.29, 0.717) is 30.2 Å². The SMILES string of the molecule is COCCNC(=O)c1ccc(OC(C)C)c(OC)c1. The van der Waals surface area contributed by atoms with Crippen molar-refractivity contribution in [2.45, 2.75) is 20.0 Å². The van der Waals surface area contributed by atoms with E-state index in [2.05, 4.69) is 5.32 Å². The van der Waals surface area contributed by atoms with Gasteiger partial charge < -0.3 is 19.5 Å². The maximum Gasteiger partial charge on any atom is 0.251 e. The highest BCUT2D eigenvalue weighted by molar-refractivity contribution is 5.94. The van der Waals surface area contributed by atoms with Crippen LogP contribution in [0.15, 0.2) is 18.2 Å². The predicted molar refractivity (Wildman–Crippen MR) is 73.0 cm³/mol. The zero-order valence-corrected chi connectivity index (χ0v) is 11.9. The zero-order valence-electron chi connectivity index (χ0n) is 11.9. The number of hydrogen-bond acceptors (Lipinski definition) is 4. The Morgan fingerprint density at radius 1 is 1.26 bits per heavy atom. The summed E-state index contributed by atoms with van der Waals surface area (Å²) in [6.45, 7) is 4.83. The molecule has 19 heavy (non-hydrogen) atoms. The van der Waals surface area contributed by atoms with E-state index in [1.54, 1.807) is 32.4 Å². The van der Waals surface area contributed by atoms with Crippen LogP contribution in [0.4, 0.5) is 0 Å². The number of nitrogens with one attached hydrogen (secondary N) is 1. The fraction of sp³-hybridized carbons (Fsp3) is 0.500. The molecule has 1 N–H and O–H groups in total. The van der Waals surface area contributed by atoms with E-state index >= 15 is 0 Å². The first-order valence-electron chi connectivity index (χ1n) is 6.20. The molecule has 1 amide bonds. The minimum atomic E-state index is -0.161. The summed E-state index contributed by atoms with van der Waals surface area (Å²) in [4.78, 5) is 11.9. The normalized spacial score (nSPS) is 10.4. The van der Waals surface area contributed by atoms with Crippen LogP contribution in [0.2, 0.25) is 0 Å². The fourth-order valence-electron chi connectivity index (χ4n) is 1.53. The lowest BCUT2D eigenvalue weighted by Gasteiger charge is -2.14. The summed E-state index contributed by atoms with van der Waals surface area (Å²) in [5.41, 5.74) is 0.532. The van der Waals surface area contributed by atoms with Gasteiger partial charge in [0.25, 0.3) is 5.91 Å². The summed E-state index contributed by atoms with van der Waals surface area (Å²) in [5.74, 6) is 1.02. The van der Waals surface area contributed by atoms with E-state index in [4.69, 9.17) is 14.2 Å². The van der Waals surface area contributed by atoms with Gasteiger partial charge in [-0.1, -0.05) is 0 Å². The van der Waals surface area contributed by atoms with E-state index in [1.807, 2.05) is 13.8 Å². The van der Waals surface area contributed by atoms with Gasteiger partial charge in [0.1, 0.15) is 0 Å². The third-order valence-electron chi connectivity index (χ3n) is 2.38. The fourth-order valence-corrected chi connectivity index (χ4v) is 1.53. The van der Waals surface area contributed by atoms with Crippen LogP contribution in [0.25, 0.3) is 0 Å². The first kappa shape index (κ1) is 15.3. The monoisotopic (exact) mass is 267 g/mol. The van der Waals surface area contributed by atoms with Gasteiger partial charge >= 0.3 is 0 Å². The van der Waals surface area contributed by atoms with Crippen molar-refractivity contribution < 1.29 is 19.0 Å². The molecule has 1 aromatic rings. The second-order valence-corrected chi connectivity index (χ2v) is 4.28. The molecule has 0 spiro atoms. The lowest BCUT2D eigenvalue weighted by molar-refractivity contribution is 0.0936. The Kier molecular flexibility index (Phi) is 6.15. The van der Waals surface area contributed by atoms with Crippen LogP contribution < -0.4 is 14.8 Å². The number of hydrogen-bond donors (Lipinski definition) is 1.